The van der Waals surface area contributed by atoms with Crippen LogP contribution >= 0.6 is 0 Å². The highest BCUT2D eigenvalue weighted by molar-refractivity contribution is 7.91. The molecular formula is C16H19NO3S. The Balaban J connectivity index is 1.78. The lowest BCUT2D eigenvalue weighted by Crippen LogP contribution is -2.09. The van der Waals surface area contributed by atoms with Gasteiger partial charge in [-0.05, 0) is 49.4 Å². The van der Waals surface area contributed by atoms with Crippen molar-refractivity contribution in [2.24, 2.45) is 5.92 Å². The topological polar surface area (TPSA) is 67.3 Å². The molecule has 0 radical (unpaired) electrons. The van der Waals surface area contributed by atoms with E-state index in [4.69, 9.17) is 0 Å². The van der Waals surface area contributed by atoms with Crippen molar-refractivity contribution in [1.29, 1.82) is 0 Å². The highest BCUT2D eigenvalue weighted by Gasteiger charge is 2.29. The lowest BCUT2D eigenvalue weighted by molar-refractivity contribution is 0.149. The van der Waals surface area contributed by atoms with Gasteiger partial charge in [0.25, 0.3) is 0 Å². The fourth-order valence-corrected chi connectivity index (χ4v) is 4.84. The number of rotatable bonds is 3. The Hall–Kier alpha value is -1.46. The number of aliphatic hydroxyl groups excluding tert-OH is 1. The fraction of sp³-hybridized carbons (Fsp3) is 0.438. The van der Waals surface area contributed by atoms with Crippen molar-refractivity contribution in [2.75, 3.05) is 11.5 Å². The van der Waals surface area contributed by atoms with Gasteiger partial charge in [-0.25, -0.2) is 8.42 Å². The zero-order valence-corrected chi connectivity index (χ0v) is 12.8. The minimum Gasteiger partial charge on any atom is -0.388 e. The molecule has 0 bridgehead atoms. The number of aliphatic hydroxyl groups is 1. The summed E-state index contributed by atoms with van der Waals surface area (Å²) >= 11 is 0. The molecule has 1 aliphatic heterocycles. The number of aryl methyl sites for hydroxylation is 1. The fourth-order valence-electron chi connectivity index (χ4n) is 2.96. The van der Waals surface area contributed by atoms with E-state index in [1.54, 1.807) is 0 Å². The molecule has 1 aromatic carbocycles. The van der Waals surface area contributed by atoms with Crippen molar-refractivity contribution in [3.05, 3.63) is 41.6 Å². The van der Waals surface area contributed by atoms with Gasteiger partial charge in [0.05, 0.1) is 23.1 Å². The van der Waals surface area contributed by atoms with Gasteiger partial charge in [0.15, 0.2) is 9.84 Å². The van der Waals surface area contributed by atoms with Gasteiger partial charge in [0.2, 0.25) is 0 Å². The van der Waals surface area contributed by atoms with Crippen LogP contribution in [0.15, 0.2) is 30.3 Å². The molecule has 4 nitrogen and oxygen atoms in total. The van der Waals surface area contributed by atoms with Gasteiger partial charge in [-0.2, -0.15) is 0 Å². The van der Waals surface area contributed by atoms with E-state index in [0.717, 1.165) is 22.2 Å². The third-order valence-electron chi connectivity index (χ3n) is 4.12. The molecule has 2 aromatic rings. The monoisotopic (exact) mass is 305 g/mol. The highest BCUT2D eigenvalue weighted by Crippen LogP contribution is 2.30. The normalized spacial score (nSPS) is 22.5. The average molecular weight is 305 g/mol. The van der Waals surface area contributed by atoms with E-state index >= 15 is 0 Å². The minimum atomic E-state index is -2.88. The van der Waals surface area contributed by atoms with Crippen LogP contribution in [0.3, 0.4) is 0 Å². The molecule has 1 aliphatic rings. The molecule has 2 atom stereocenters. The second kappa shape index (κ2) is 5.39. The number of hydrogen-bond donors (Lipinski definition) is 1. The van der Waals surface area contributed by atoms with Gasteiger partial charge < -0.3 is 5.11 Å². The zero-order valence-electron chi connectivity index (χ0n) is 12.0. The zero-order chi connectivity index (χ0) is 15.0. The second-order valence-corrected chi connectivity index (χ2v) is 8.15. The van der Waals surface area contributed by atoms with E-state index in [1.165, 1.54) is 0 Å². The van der Waals surface area contributed by atoms with Crippen LogP contribution in [0.4, 0.5) is 0 Å². The number of fused-ring (bicyclic) bond motifs is 1. The summed E-state index contributed by atoms with van der Waals surface area (Å²) in [5, 5.41) is 11.3. The summed E-state index contributed by atoms with van der Waals surface area (Å²) in [6.07, 6.45) is 0.548. The van der Waals surface area contributed by atoms with Gasteiger partial charge >= 0.3 is 0 Å². The molecule has 112 valence electrons. The number of nitrogens with zero attached hydrogens (tertiary/aromatic N) is 1. The quantitative estimate of drug-likeness (QED) is 0.945. The predicted octanol–water partition coefficient (Wildman–Crippen LogP) is 2.40. The molecule has 1 N–H and O–H groups in total. The third-order valence-corrected chi connectivity index (χ3v) is 5.96. The third kappa shape index (κ3) is 3.24. The van der Waals surface area contributed by atoms with Crippen molar-refractivity contribution in [1.82, 2.24) is 4.98 Å². The van der Waals surface area contributed by atoms with E-state index in [0.29, 0.717) is 12.8 Å². The van der Waals surface area contributed by atoms with Gasteiger partial charge in [0, 0.05) is 11.1 Å². The molecular weight excluding hydrogens is 286 g/mol. The van der Waals surface area contributed by atoms with Crippen LogP contribution in [-0.2, 0) is 9.84 Å². The Morgan fingerprint density at radius 2 is 2.14 bits per heavy atom. The summed E-state index contributed by atoms with van der Waals surface area (Å²) in [6.45, 7) is 1.95. The molecule has 3 rings (SSSR count). The van der Waals surface area contributed by atoms with E-state index in [2.05, 4.69) is 4.98 Å². The van der Waals surface area contributed by atoms with Crippen molar-refractivity contribution in [2.45, 2.75) is 25.9 Å². The summed E-state index contributed by atoms with van der Waals surface area (Å²) in [4.78, 5) is 4.44. The van der Waals surface area contributed by atoms with Crippen molar-refractivity contribution in [3.63, 3.8) is 0 Å². The van der Waals surface area contributed by atoms with Crippen LogP contribution in [0.25, 0.3) is 10.9 Å². The van der Waals surface area contributed by atoms with E-state index in [-0.39, 0.29) is 17.4 Å². The number of benzene rings is 1. The summed E-state index contributed by atoms with van der Waals surface area (Å²) in [7, 11) is -2.88. The molecule has 1 saturated heterocycles. The molecule has 2 unspecified atom stereocenters. The predicted molar refractivity (Wildman–Crippen MR) is 82.8 cm³/mol. The average Bonchev–Trinajstić information content (AvgIpc) is 2.77. The van der Waals surface area contributed by atoms with E-state index < -0.39 is 15.9 Å². The van der Waals surface area contributed by atoms with Crippen molar-refractivity contribution in [3.8, 4) is 0 Å². The first kappa shape index (κ1) is 14.5. The van der Waals surface area contributed by atoms with Crippen molar-refractivity contribution < 1.29 is 13.5 Å². The van der Waals surface area contributed by atoms with Gasteiger partial charge in [-0.1, -0.05) is 12.1 Å². The molecule has 5 heteroatoms. The molecule has 21 heavy (non-hydrogen) atoms. The largest absolute Gasteiger partial charge is 0.388 e. The molecule has 0 spiro atoms. The maximum atomic E-state index is 11.5. The lowest BCUT2D eigenvalue weighted by atomic mass is 9.95. The molecule has 2 heterocycles. The number of aromatic nitrogens is 1. The van der Waals surface area contributed by atoms with Crippen LogP contribution < -0.4 is 0 Å². The number of sulfone groups is 1. The Labute approximate surface area is 124 Å². The van der Waals surface area contributed by atoms with Crippen LogP contribution in [0.5, 0.6) is 0 Å². The summed E-state index contributed by atoms with van der Waals surface area (Å²) < 4.78 is 23.0. The Morgan fingerprint density at radius 1 is 1.33 bits per heavy atom. The minimum absolute atomic E-state index is 0.0665. The standard InChI is InChI=1S/C16H19NO3S/c1-11-2-3-13-9-14(4-5-15(13)17-11)16(18)8-12-6-7-21(19,20)10-12/h2-5,9,12,16,18H,6-8,10H2,1H3. The SMILES string of the molecule is Cc1ccc2cc(C(O)CC3CCS(=O)(=O)C3)ccc2n1. The van der Waals surface area contributed by atoms with Crippen LogP contribution in [0.1, 0.15) is 30.2 Å². The molecule has 0 saturated carbocycles. The van der Waals surface area contributed by atoms with E-state index in [1.807, 2.05) is 37.3 Å². The Kier molecular flexibility index (Phi) is 3.71. The summed E-state index contributed by atoms with van der Waals surface area (Å²) in [5.74, 6) is 0.529. The summed E-state index contributed by atoms with van der Waals surface area (Å²) in [6, 6.07) is 9.67. The highest BCUT2D eigenvalue weighted by atomic mass is 32.2. The maximum Gasteiger partial charge on any atom is 0.150 e. The Bertz CT molecular complexity index is 770. The van der Waals surface area contributed by atoms with Gasteiger partial charge in [-0.15, -0.1) is 0 Å². The first-order chi connectivity index (χ1) is 9.93. The maximum absolute atomic E-state index is 11.5. The second-order valence-electron chi connectivity index (χ2n) is 5.93. The first-order valence-electron chi connectivity index (χ1n) is 7.19. The smallest absolute Gasteiger partial charge is 0.150 e. The van der Waals surface area contributed by atoms with Gasteiger partial charge in [-0.3, -0.25) is 4.98 Å². The first-order valence-corrected chi connectivity index (χ1v) is 9.01. The number of pyridine rings is 1. The molecule has 0 amide bonds. The van der Waals surface area contributed by atoms with E-state index in [9.17, 15) is 13.5 Å². The molecule has 0 aliphatic carbocycles. The van der Waals surface area contributed by atoms with Gasteiger partial charge in [0.1, 0.15) is 0 Å². The molecule has 1 fully saturated rings. The molecule has 1 aromatic heterocycles. The van der Waals surface area contributed by atoms with Crippen molar-refractivity contribution >= 4 is 20.7 Å². The van der Waals surface area contributed by atoms with Crippen LogP contribution in [0.2, 0.25) is 0 Å². The summed E-state index contributed by atoms with van der Waals surface area (Å²) in [5.41, 5.74) is 2.71. The van der Waals surface area contributed by atoms with Crippen LogP contribution in [0, 0.1) is 12.8 Å². The lowest BCUT2D eigenvalue weighted by Gasteiger charge is -2.15. The van der Waals surface area contributed by atoms with Crippen LogP contribution in [-0.4, -0.2) is 30.0 Å². The number of hydrogen-bond acceptors (Lipinski definition) is 4. The Morgan fingerprint density at radius 3 is 2.86 bits per heavy atom.